The Morgan fingerprint density at radius 3 is 2.72 bits per heavy atom. The van der Waals surface area contributed by atoms with Crippen LogP contribution in [0.4, 0.5) is 4.79 Å². The van der Waals surface area contributed by atoms with Crippen LogP contribution >= 0.6 is 0 Å². The van der Waals surface area contributed by atoms with E-state index in [2.05, 4.69) is 33.9 Å². The number of rotatable bonds is 2. The Morgan fingerprint density at radius 1 is 1.28 bits per heavy atom. The van der Waals surface area contributed by atoms with Gasteiger partial charge in [0.25, 0.3) is 0 Å². The van der Waals surface area contributed by atoms with Crippen LogP contribution in [0.2, 0.25) is 0 Å². The number of aromatic nitrogens is 2. The highest BCUT2D eigenvalue weighted by molar-refractivity contribution is 5.79. The van der Waals surface area contributed by atoms with Crippen LogP contribution in [0.15, 0.2) is 30.2 Å². The normalized spacial score (nSPS) is 36.3. The van der Waals surface area contributed by atoms with Crippen molar-refractivity contribution < 1.29 is 14.6 Å². The van der Waals surface area contributed by atoms with Crippen molar-refractivity contribution in [1.29, 1.82) is 0 Å². The molecule has 1 unspecified atom stereocenters. The van der Waals surface area contributed by atoms with E-state index in [-0.39, 0.29) is 35.6 Å². The highest BCUT2D eigenvalue weighted by atomic mass is 16.6. The zero-order valence-corrected chi connectivity index (χ0v) is 19.8. The number of aliphatic hydroxyl groups is 1. The molecule has 1 spiro atoms. The van der Waals surface area contributed by atoms with E-state index in [0.29, 0.717) is 5.92 Å². The van der Waals surface area contributed by atoms with E-state index in [1.807, 2.05) is 33.3 Å². The summed E-state index contributed by atoms with van der Waals surface area (Å²) < 4.78 is 7.73. The molecule has 1 aromatic rings. The topological polar surface area (TPSA) is 76.4 Å². The lowest BCUT2D eigenvalue weighted by Crippen LogP contribution is -2.58. The smallest absolute Gasteiger partial charge is 0.407 e. The Bertz CT molecular complexity index is 946. The van der Waals surface area contributed by atoms with Gasteiger partial charge in [0.2, 0.25) is 0 Å². The molecular weight excluding hydrogens is 402 g/mol. The van der Waals surface area contributed by atoms with Gasteiger partial charge in [-0.05, 0) is 82.6 Å². The van der Waals surface area contributed by atoms with Gasteiger partial charge in [-0.25, -0.2) is 9.78 Å². The Morgan fingerprint density at radius 2 is 2.03 bits per heavy atom. The van der Waals surface area contributed by atoms with E-state index < -0.39 is 5.60 Å². The number of carbonyl (C=O) groups is 1. The number of aliphatic hydroxyl groups excluding tert-OH is 1. The number of fused-ring (bicyclic) bond motifs is 2. The molecule has 6 heteroatoms. The summed E-state index contributed by atoms with van der Waals surface area (Å²) in [7, 11) is 0. The summed E-state index contributed by atoms with van der Waals surface area (Å²) in [6.07, 6.45) is 14.9. The second-order valence-electron chi connectivity index (χ2n) is 11.5. The van der Waals surface area contributed by atoms with Gasteiger partial charge in [0.1, 0.15) is 5.60 Å². The zero-order chi connectivity index (χ0) is 22.7. The largest absolute Gasteiger partial charge is 0.444 e. The van der Waals surface area contributed by atoms with Gasteiger partial charge >= 0.3 is 6.09 Å². The molecule has 0 aromatic carbocycles. The molecule has 2 saturated carbocycles. The maximum Gasteiger partial charge on any atom is 0.407 e. The summed E-state index contributed by atoms with van der Waals surface area (Å²) in [5.74, 6) is 0.752. The molecule has 2 N–H and O–H groups in total. The summed E-state index contributed by atoms with van der Waals surface area (Å²) in [6, 6.07) is 0.355. The van der Waals surface area contributed by atoms with Gasteiger partial charge in [0.15, 0.2) is 0 Å². The van der Waals surface area contributed by atoms with Crippen molar-refractivity contribution in [3.63, 3.8) is 0 Å². The van der Waals surface area contributed by atoms with Crippen LogP contribution in [-0.4, -0.2) is 38.5 Å². The highest BCUT2D eigenvalue weighted by Crippen LogP contribution is 2.61. The van der Waals surface area contributed by atoms with Crippen molar-refractivity contribution in [2.75, 3.05) is 0 Å². The summed E-state index contributed by atoms with van der Waals surface area (Å²) in [6.45, 7) is 7.99. The van der Waals surface area contributed by atoms with E-state index in [0.717, 1.165) is 44.9 Å². The minimum Gasteiger partial charge on any atom is -0.444 e. The number of nitrogens with zero attached hydrogens (tertiary/aromatic N) is 2. The molecule has 0 bridgehead atoms. The minimum absolute atomic E-state index is 0.00928. The maximum absolute atomic E-state index is 12.1. The number of hydrogen-bond donors (Lipinski definition) is 2. The predicted molar refractivity (Wildman–Crippen MR) is 124 cm³/mol. The van der Waals surface area contributed by atoms with Crippen molar-refractivity contribution in [2.24, 2.45) is 17.3 Å². The molecule has 2 heterocycles. The number of nitrogens with one attached hydrogen (secondary N) is 1. The van der Waals surface area contributed by atoms with Gasteiger partial charge < -0.3 is 19.7 Å². The summed E-state index contributed by atoms with van der Waals surface area (Å²) in [5, 5.41) is 14.5. The molecule has 0 saturated heterocycles. The van der Waals surface area contributed by atoms with E-state index in [1.165, 1.54) is 16.8 Å². The van der Waals surface area contributed by atoms with Crippen molar-refractivity contribution >= 4 is 11.7 Å². The first-order valence-electron chi connectivity index (χ1n) is 12.3. The van der Waals surface area contributed by atoms with Gasteiger partial charge in [-0.3, -0.25) is 0 Å². The van der Waals surface area contributed by atoms with Crippen molar-refractivity contribution in [3.8, 4) is 0 Å². The van der Waals surface area contributed by atoms with Crippen molar-refractivity contribution in [1.82, 2.24) is 14.9 Å². The number of hydrogen-bond acceptors (Lipinski definition) is 4. The molecule has 4 atom stereocenters. The maximum atomic E-state index is 12.1. The molecular formula is C26H37N3O3. The van der Waals surface area contributed by atoms with E-state index in [1.54, 1.807) is 0 Å². The number of alkyl carbamates (subject to hydrolysis) is 1. The monoisotopic (exact) mass is 439 g/mol. The first kappa shape index (κ1) is 21.7. The Balaban J connectivity index is 1.26. The molecule has 3 aliphatic carbocycles. The van der Waals surface area contributed by atoms with Gasteiger partial charge in [-0.15, -0.1) is 0 Å². The first-order chi connectivity index (χ1) is 15.2. The van der Waals surface area contributed by atoms with Gasteiger partial charge in [-0.1, -0.05) is 19.1 Å². The van der Waals surface area contributed by atoms with Gasteiger partial charge in [0.05, 0.1) is 30.4 Å². The number of ether oxygens (including phenoxy) is 1. The van der Waals surface area contributed by atoms with E-state index >= 15 is 0 Å². The second-order valence-corrected chi connectivity index (χ2v) is 11.5. The van der Waals surface area contributed by atoms with Crippen LogP contribution in [0.1, 0.15) is 84.4 Å². The van der Waals surface area contributed by atoms with Crippen LogP contribution in [0, 0.1) is 17.3 Å². The SMILES string of the molecule is CC1CCC=CC2=C1[C@H]([C@H]1CC3(CCC(NC(=O)OC(C)(C)C)CC3)[C@H]1O)n1cncc12. The zero-order valence-electron chi connectivity index (χ0n) is 19.8. The molecule has 6 nitrogen and oxygen atoms in total. The van der Waals surface area contributed by atoms with Crippen LogP contribution in [0.5, 0.6) is 0 Å². The Labute approximate surface area is 191 Å². The fourth-order valence-corrected chi connectivity index (χ4v) is 6.66. The average Bonchev–Trinajstić information content (AvgIpc) is 3.24. The van der Waals surface area contributed by atoms with Crippen LogP contribution < -0.4 is 5.32 Å². The molecule has 4 aliphatic rings. The molecule has 2 fully saturated rings. The molecule has 1 amide bonds. The summed E-state index contributed by atoms with van der Waals surface area (Å²) in [4.78, 5) is 16.6. The molecule has 1 aliphatic heterocycles. The third kappa shape index (κ3) is 3.60. The Kier molecular flexibility index (Phi) is 5.27. The summed E-state index contributed by atoms with van der Waals surface area (Å²) in [5.41, 5.74) is 3.53. The number of amides is 1. The molecule has 1 aromatic heterocycles. The summed E-state index contributed by atoms with van der Waals surface area (Å²) >= 11 is 0. The quantitative estimate of drug-likeness (QED) is 0.679. The first-order valence-corrected chi connectivity index (χ1v) is 12.3. The fraction of sp³-hybridized carbons (Fsp3) is 0.692. The lowest BCUT2D eigenvalue weighted by Gasteiger charge is -2.58. The van der Waals surface area contributed by atoms with Crippen molar-refractivity contribution in [3.05, 3.63) is 35.9 Å². The van der Waals surface area contributed by atoms with Gasteiger partial charge in [0, 0.05) is 17.5 Å². The van der Waals surface area contributed by atoms with Gasteiger partial charge in [-0.2, -0.15) is 0 Å². The van der Waals surface area contributed by atoms with Crippen molar-refractivity contribution in [2.45, 2.75) is 96.4 Å². The number of imidazole rings is 1. The molecule has 0 radical (unpaired) electrons. The van der Waals surface area contributed by atoms with Crippen LogP contribution in [-0.2, 0) is 4.74 Å². The second kappa shape index (κ2) is 7.75. The number of carbonyl (C=O) groups excluding carboxylic acids is 1. The lowest BCUT2D eigenvalue weighted by molar-refractivity contribution is -0.153. The third-order valence-corrected chi connectivity index (χ3v) is 8.24. The molecule has 32 heavy (non-hydrogen) atoms. The predicted octanol–water partition coefficient (Wildman–Crippen LogP) is 5.01. The minimum atomic E-state index is -0.483. The lowest BCUT2D eigenvalue weighted by atomic mass is 9.51. The molecule has 5 rings (SSSR count). The van der Waals surface area contributed by atoms with E-state index in [4.69, 9.17) is 4.74 Å². The van der Waals surface area contributed by atoms with Crippen LogP contribution in [0.3, 0.4) is 0 Å². The fourth-order valence-electron chi connectivity index (χ4n) is 6.66. The standard InChI is InChI=1S/C26H37N3O3/c1-16-7-5-6-8-18-20-14-27-15-29(20)22(21(16)18)19-13-26(23(19)30)11-9-17(10-12-26)28-24(31)32-25(2,3)4/h6,8,14-17,19,22-23,30H,5,7,9-13H2,1-4H3,(H,28,31)/t16?,17?,19-,22+,23+,26?/m1/s1. The van der Waals surface area contributed by atoms with E-state index in [9.17, 15) is 9.90 Å². The average molecular weight is 440 g/mol. The van der Waals surface area contributed by atoms with Crippen LogP contribution in [0.25, 0.3) is 5.57 Å². The third-order valence-electron chi connectivity index (χ3n) is 8.24. The number of allylic oxidation sites excluding steroid dienone is 4. The molecule has 174 valence electrons. The Hall–Kier alpha value is -2.08. The highest BCUT2D eigenvalue weighted by Gasteiger charge is 2.58.